The number of nitrogens with one attached hydrogen (secondary N) is 3. The molecule has 0 saturated heterocycles. The Morgan fingerprint density at radius 1 is 0.854 bits per heavy atom. The third kappa shape index (κ3) is 7.68. The van der Waals surface area contributed by atoms with Gasteiger partial charge in [-0.05, 0) is 73.5 Å². The molecule has 1 saturated carbocycles. The molecule has 1 heterocycles. The highest BCUT2D eigenvalue weighted by Gasteiger charge is 2.50. The van der Waals surface area contributed by atoms with Gasteiger partial charge < -0.3 is 16.0 Å². The molecule has 0 bridgehead atoms. The first kappa shape index (κ1) is 28.2. The molecule has 3 unspecified atom stereocenters. The lowest BCUT2D eigenvalue weighted by Crippen LogP contribution is -2.46. The molecule has 3 atom stereocenters. The van der Waals surface area contributed by atoms with E-state index in [1.165, 1.54) is 5.56 Å². The Balaban J connectivity index is 1.13. The van der Waals surface area contributed by atoms with Crippen LogP contribution in [0.4, 0.5) is 0 Å². The van der Waals surface area contributed by atoms with Crippen LogP contribution in [0.5, 0.6) is 0 Å². The summed E-state index contributed by atoms with van der Waals surface area (Å²) in [5.41, 5.74) is 5.10. The van der Waals surface area contributed by atoms with Crippen LogP contribution in [0, 0.1) is 0 Å². The molecule has 6 heteroatoms. The third-order valence-electron chi connectivity index (χ3n) is 7.93. The number of hydrogen-bond acceptors (Lipinski definition) is 4. The van der Waals surface area contributed by atoms with Crippen molar-refractivity contribution in [2.24, 2.45) is 0 Å². The van der Waals surface area contributed by atoms with Crippen molar-refractivity contribution in [1.82, 2.24) is 20.9 Å². The molecule has 4 aromatic rings. The zero-order valence-electron chi connectivity index (χ0n) is 23.6. The fourth-order valence-corrected chi connectivity index (χ4v) is 5.34. The molecular weight excluding hydrogens is 508 g/mol. The largest absolute Gasteiger partial charge is 0.350 e. The number of benzene rings is 3. The minimum absolute atomic E-state index is 0.126. The van der Waals surface area contributed by atoms with E-state index in [0.29, 0.717) is 24.6 Å². The van der Waals surface area contributed by atoms with Crippen LogP contribution in [0.15, 0.2) is 109 Å². The summed E-state index contributed by atoms with van der Waals surface area (Å²) in [5, 5.41) is 9.65. The Morgan fingerprint density at radius 3 is 2.24 bits per heavy atom. The Kier molecular flexibility index (Phi) is 9.22. The number of rotatable bonds is 13. The Labute approximate surface area is 242 Å². The number of nitrogens with zero attached hydrogens (tertiary/aromatic N) is 1. The molecule has 6 nitrogen and oxygen atoms in total. The van der Waals surface area contributed by atoms with E-state index in [1.54, 1.807) is 24.4 Å². The van der Waals surface area contributed by atoms with Crippen molar-refractivity contribution in [3.63, 3.8) is 0 Å². The monoisotopic (exact) mass is 546 g/mol. The van der Waals surface area contributed by atoms with Gasteiger partial charge in [-0.1, -0.05) is 91.0 Å². The molecule has 1 aliphatic carbocycles. The third-order valence-corrected chi connectivity index (χ3v) is 7.93. The van der Waals surface area contributed by atoms with Crippen molar-refractivity contribution < 1.29 is 9.59 Å². The lowest BCUT2D eigenvalue weighted by atomic mass is 10.0. The van der Waals surface area contributed by atoms with Gasteiger partial charge in [0.05, 0.1) is 0 Å². The topological polar surface area (TPSA) is 83.1 Å². The Hall–Kier alpha value is -4.29. The fraction of sp³-hybridized carbons (Fsp3) is 0.286. The Bertz CT molecular complexity index is 1410. The summed E-state index contributed by atoms with van der Waals surface area (Å²) in [6.07, 6.45) is 5.00. The lowest BCUT2D eigenvalue weighted by Gasteiger charge is -2.19. The first-order valence-electron chi connectivity index (χ1n) is 14.5. The van der Waals surface area contributed by atoms with Gasteiger partial charge in [0, 0.05) is 24.2 Å². The molecule has 1 fully saturated rings. The van der Waals surface area contributed by atoms with E-state index < -0.39 is 6.04 Å². The van der Waals surface area contributed by atoms with Gasteiger partial charge in [0.1, 0.15) is 11.7 Å². The number of hydrogen-bond donors (Lipinski definition) is 3. The summed E-state index contributed by atoms with van der Waals surface area (Å²) in [7, 11) is 0. The second kappa shape index (κ2) is 13.4. The molecule has 0 radical (unpaired) electrons. The second-order valence-corrected chi connectivity index (χ2v) is 11.0. The fourth-order valence-electron chi connectivity index (χ4n) is 5.34. The van der Waals surface area contributed by atoms with Crippen LogP contribution in [0.25, 0.3) is 11.1 Å². The maximum Gasteiger partial charge on any atom is 0.270 e. The molecule has 1 aliphatic rings. The average Bonchev–Trinajstić information content (AvgIpc) is 3.71. The van der Waals surface area contributed by atoms with Gasteiger partial charge in [0.15, 0.2) is 0 Å². The highest BCUT2D eigenvalue weighted by atomic mass is 16.2. The van der Waals surface area contributed by atoms with Gasteiger partial charge in [-0.2, -0.15) is 0 Å². The standard InChI is InChI=1S/C35H38N4O2/c1-35(24-30(35)29-14-6-3-7-15-29)38-23-11-9-17-32(39-34(41)31-16-8-10-22-36-31)33(40)37-25-26-18-20-28(21-19-26)27-12-4-2-5-13-27/h2-8,10,12-16,18-22,30,32,38H,9,11,17,23-25H2,1H3,(H,37,40)(H,39,41). The van der Waals surface area contributed by atoms with Crippen LogP contribution in [-0.2, 0) is 11.3 Å². The second-order valence-electron chi connectivity index (χ2n) is 11.0. The summed E-state index contributed by atoms with van der Waals surface area (Å²) in [5.74, 6) is 0.0154. The van der Waals surface area contributed by atoms with Crippen LogP contribution in [0.2, 0.25) is 0 Å². The molecule has 1 aromatic heterocycles. The Morgan fingerprint density at radius 2 is 1.54 bits per heavy atom. The zero-order valence-corrected chi connectivity index (χ0v) is 23.6. The molecule has 210 valence electrons. The van der Waals surface area contributed by atoms with Crippen molar-refractivity contribution in [2.75, 3.05) is 6.54 Å². The smallest absolute Gasteiger partial charge is 0.270 e. The highest BCUT2D eigenvalue weighted by Crippen LogP contribution is 2.50. The van der Waals surface area contributed by atoms with E-state index in [9.17, 15) is 9.59 Å². The summed E-state index contributed by atoms with van der Waals surface area (Å²) in [4.78, 5) is 30.2. The number of pyridine rings is 1. The summed E-state index contributed by atoms with van der Waals surface area (Å²) in [6.45, 7) is 3.54. The van der Waals surface area contributed by atoms with Crippen LogP contribution in [0.3, 0.4) is 0 Å². The predicted octanol–water partition coefficient (Wildman–Crippen LogP) is 5.87. The van der Waals surface area contributed by atoms with Crippen molar-refractivity contribution in [2.45, 2.75) is 56.7 Å². The highest BCUT2D eigenvalue weighted by molar-refractivity contribution is 5.96. The van der Waals surface area contributed by atoms with Crippen LogP contribution >= 0.6 is 0 Å². The molecule has 0 aliphatic heterocycles. The minimum Gasteiger partial charge on any atom is -0.350 e. The maximum absolute atomic E-state index is 13.2. The summed E-state index contributed by atoms with van der Waals surface area (Å²) < 4.78 is 0. The number of carbonyl (C=O) groups excluding carboxylic acids is 2. The molecular formula is C35H38N4O2. The first-order valence-corrected chi connectivity index (χ1v) is 14.5. The molecule has 0 spiro atoms. The van der Waals surface area contributed by atoms with E-state index in [2.05, 4.69) is 82.5 Å². The van der Waals surface area contributed by atoms with Crippen LogP contribution in [0.1, 0.15) is 60.1 Å². The van der Waals surface area contributed by atoms with Gasteiger partial charge in [-0.15, -0.1) is 0 Å². The van der Waals surface area contributed by atoms with Crippen molar-refractivity contribution >= 4 is 11.8 Å². The number of amides is 2. The summed E-state index contributed by atoms with van der Waals surface area (Å²) >= 11 is 0. The minimum atomic E-state index is -0.637. The molecule has 2 amide bonds. The molecule has 3 N–H and O–H groups in total. The predicted molar refractivity (Wildman–Crippen MR) is 163 cm³/mol. The molecule has 5 rings (SSSR count). The van der Waals surface area contributed by atoms with Gasteiger partial charge >= 0.3 is 0 Å². The van der Waals surface area contributed by atoms with E-state index in [1.807, 2.05) is 30.3 Å². The lowest BCUT2D eigenvalue weighted by molar-refractivity contribution is -0.123. The van der Waals surface area contributed by atoms with E-state index in [4.69, 9.17) is 0 Å². The van der Waals surface area contributed by atoms with Crippen molar-refractivity contribution in [3.8, 4) is 11.1 Å². The normalized spacial score (nSPS) is 18.3. The number of aromatic nitrogens is 1. The van der Waals surface area contributed by atoms with Gasteiger partial charge in [-0.3, -0.25) is 14.6 Å². The van der Waals surface area contributed by atoms with Crippen LogP contribution < -0.4 is 16.0 Å². The number of unbranched alkanes of at least 4 members (excludes halogenated alkanes) is 1. The van der Waals surface area contributed by atoms with Gasteiger partial charge in [0.25, 0.3) is 5.91 Å². The van der Waals surface area contributed by atoms with Crippen molar-refractivity contribution in [1.29, 1.82) is 0 Å². The zero-order chi connectivity index (χ0) is 28.5. The van der Waals surface area contributed by atoms with Gasteiger partial charge in [0.2, 0.25) is 5.91 Å². The quantitative estimate of drug-likeness (QED) is 0.183. The van der Waals surface area contributed by atoms with Crippen LogP contribution in [-0.4, -0.2) is 34.9 Å². The molecule has 3 aromatic carbocycles. The van der Waals surface area contributed by atoms with E-state index in [-0.39, 0.29) is 17.4 Å². The SMILES string of the molecule is CC1(NCCCCC(NC(=O)c2ccccn2)C(=O)NCc2ccc(-c3ccccc3)cc2)CC1c1ccccc1. The average molecular weight is 547 g/mol. The van der Waals surface area contributed by atoms with E-state index >= 15 is 0 Å². The molecule has 41 heavy (non-hydrogen) atoms. The summed E-state index contributed by atoms with van der Waals surface area (Å²) in [6, 6.07) is 33.6. The van der Waals surface area contributed by atoms with Crippen molar-refractivity contribution in [3.05, 3.63) is 126 Å². The first-order chi connectivity index (χ1) is 20.0. The maximum atomic E-state index is 13.2. The number of carbonyl (C=O) groups is 2. The van der Waals surface area contributed by atoms with Gasteiger partial charge in [-0.25, -0.2) is 0 Å². The van der Waals surface area contributed by atoms with E-state index in [0.717, 1.165) is 42.5 Å².